The van der Waals surface area contributed by atoms with E-state index in [-0.39, 0.29) is 10.8 Å². The number of carbonyl (C=O) groups excluding carboxylic acids is 1. The number of aromatic nitrogens is 1. The number of nitrogens with zero attached hydrogens (tertiary/aromatic N) is 1. The molecule has 0 saturated heterocycles. The van der Waals surface area contributed by atoms with Crippen LogP contribution >= 0.6 is 11.3 Å². The van der Waals surface area contributed by atoms with Crippen molar-refractivity contribution in [3.05, 3.63) is 46.5 Å². The van der Waals surface area contributed by atoms with Gasteiger partial charge in [-0.1, -0.05) is 41.7 Å². The van der Waals surface area contributed by atoms with E-state index in [1.165, 1.54) is 0 Å². The lowest BCUT2D eigenvalue weighted by atomic mass is 10.1. The van der Waals surface area contributed by atoms with Crippen LogP contribution < -0.4 is 5.32 Å². The second kappa shape index (κ2) is 6.29. The first-order valence-corrected chi connectivity index (χ1v) is 6.92. The molecule has 0 aliphatic rings. The molecule has 0 radical (unpaired) electrons. The van der Waals surface area contributed by atoms with Gasteiger partial charge in [0, 0.05) is 6.42 Å². The van der Waals surface area contributed by atoms with Crippen molar-refractivity contribution in [3.8, 4) is 0 Å². The first-order valence-electron chi connectivity index (χ1n) is 6.11. The zero-order valence-electron chi connectivity index (χ0n) is 10.9. The van der Waals surface area contributed by atoms with Gasteiger partial charge in [-0.25, -0.2) is 9.78 Å². The first-order chi connectivity index (χ1) is 9.56. The molecule has 0 unspecified atom stereocenters. The van der Waals surface area contributed by atoms with Gasteiger partial charge in [0.05, 0.1) is 5.69 Å². The van der Waals surface area contributed by atoms with Crippen LogP contribution in [0.4, 0.5) is 5.13 Å². The molecule has 1 aromatic carbocycles. The molecule has 104 valence electrons. The minimum Gasteiger partial charge on any atom is -0.477 e. The Morgan fingerprint density at radius 2 is 2.00 bits per heavy atom. The molecule has 1 heterocycles. The SMILES string of the molecule is Cc1nc(NC(=O)CCc2ccccc2)sc1C(=O)O. The maximum absolute atomic E-state index is 11.8. The topological polar surface area (TPSA) is 79.3 Å². The van der Waals surface area contributed by atoms with E-state index >= 15 is 0 Å². The number of hydrogen-bond acceptors (Lipinski definition) is 4. The lowest BCUT2D eigenvalue weighted by Gasteiger charge is -2.01. The molecule has 2 N–H and O–H groups in total. The molecule has 20 heavy (non-hydrogen) atoms. The van der Waals surface area contributed by atoms with Crippen LogP contribution in [0.15, 0.2) is 30.3 Å². The largest absolute Gasteiger partial charge is 0.477 e. The van der Waals surface area contributed by atoms with Crippen LogP contribution in [0.25, 0.3) is 0 Å². The predicted octanol–water partition coefficient (Wildman–Crippen LogP) is 2.72. The van der Waals surface area contributed by atoms with Crippen molar-refractivity contribution in [1.82, 2.24) is 4.98 Å². The molecule has 2 aromatic rings. The van der Waals surface area contributed by atoms with Gasteiger partial charge in [-0.05, 0) is 18.9 Å². The van der Waals surface area contributed by atoms with Crippen LogP contribution in [-0.4, -0.2) is 22.0 Å². The van der Waals surface area contributed by atoms with E-state index in [4.69, 9.17) is 5.11 Å². The van der Waals surface area contributed by atoms with E-state index in [1.54, 1.807) is 6.92 Å². The van der Waals surface area contributed by atoms with Crippen molar-refractivity contribution in [2.24, 2.45) is 0 Å². The highest BCUT2D eigenvalue weighted by Gasteiger charge is 2.15. The van der Waals surface area contributed by atoms with Crippen molar-refractivity contribution < 1.29 is 14.7 Å². The van der Waals surface area contributed by atoms with Crippen molar-refractivity contribution in [2.75, 3.05) is 5.32 Å². The molecule has 0 bridgehead atoms. The molecule has 0 aliphatic carbocycles. The van der Waals surface area contributed by atoms with E-state index in [2.05, 4.69) is 10.3 Å². The average molecular weight is 290 g/mol. The van der Waals surface area contributed by atoms with Crippen LogP contribution in [-0.2, 0) is 11.2 Å². The van der Waals surface area contributed by atoms with Gasteiger partial charge >= 0.3 is 5.97 Å². The van der Waals surface area contributed by atoms with Crippen molar-refractivity contribution >= 4 is 28.3 Å². The number of rotatable bonds is 5. The van der Waals surface area contributed by atoms with Gasteiger partial charge < -0.3 is 10.4 Å². The number of carboxylic acids is 1. The highest BCUT2D eigenvalue weighted by Crippen LogP contribution is 2.22. The minimum atomic E-state index is -1.02. The molecular weight excluding hydrogens is 276 g/mol. The van der Waals surface area contributed by atoms with Crippen molar-refractivity contribution in [2.45, 2.75) is 19.8 Å². The Morgan fingerprint density at radius 3 is 2.60 bits per heavy atom. The van der Waals surface area contributed by atoms with E-state index in [9.17, 15) is 9.59 Å². The number of amides is 1. The van der Waals surface area contributed by atoms with Gasteiger partial charge in [0.15, 0.2) is 5.13 Å². The fourth-order valence-corrected chi connectivity index (χ4v) is 2.55. The summed E-state index contributed by atoms with van der Waals surface area (Å²) in [6.07, 6.45) is 0.980. The molecular formula is C14H14N2O3S. The highest BCUT2D eigenvalue weighted by molar-refractivity contribution is 7.17. The van der Waals surface area contributed by atoms with Gasteiger partial charge in [0.25, 0.3) is 0 Å². The Bertz CT molecular complexity index is 623. The van der Waals surface area contributed by atoms with E-state index in [0.717, 1.165) is 16.9 Å². The Labute approximate surface area is 120 Å². The summed E-state index contributed by atoms with van der Waals surface area (Å²) in [5.74, 6) is -1.19. The van der Waals surface area contributed by atoms with E-state index in [1.807, 2.05) is 30.3 Å². The molecule has 1 amide bonds. The number of carbonyl (C=O) groups is 2. The van der Waals surface area contributed by atoms with Crippen LogP contribution in [0.2, 0.25) is 0 Å². The fraction of sp³-hybridized carbons (Fsp3) is 0.214. The van der Waals surface area contributed by atoms with Crippen molar-refractivity contribution in [1.29, 1.82) is 0 Å². The molecule has 0 saturated carbocycles. The van der Waals surface area contributed by atoms with Gasteiger partial charge in [-0.3, -0.25) is 4.79 Å². The summed E-state index contributed by atoms with van der Waals surface area (Å²) in [7, 11) is 0. The second-order valence-electron chi connectivity index (χ2n) is 4.27. The third-order valence-electron chi connectivity index (χ3n) is 2.72. The van der Waals surface area contributed by atoms with Crippen molar-refractivity contribution in [3.63, 3.8) is 0 Å². The lowest BCUT2D eigenvalue weighted by molar-refractivity contribution is -0.116. The quantitative estimate of drug-likeness (QED) is 0.887. The van der Waals surface area contributed by atoms with E-state index < -0.39 is 5.97 Å². The number of aromatic carboxylic acids is 1. The van der Waals surface area contributed by atoms with Crippen LogP contribution in [0.3, 0.4) is 0 Å². The maximum Gasteiger partial charge on any atom is 0.347 e. The molecule has 1 aromatic heterocycles. The second-order valence-corrected chi connectivity index (χ2v) is 5.27. The Hall–Kier alpha value is -2.21. The molecule has 0 aliphatic heterocycles. The number of carboxylic acid groups (broad SMARTS) is 1. The van der Waals surface area contributed by atoms with Gasteiger partial charge in [-0.15, -0.1) is 0 Å². The monoisotopic (exact) mass is 290 g/mol. The first kappa shape index (κ1) is 14.2. The smallest absolute Gasteiger partial charge is 0.347 e. The van der Waals surface area contributed by atoms with Gasteiger partial charge in [0.1, 0.15) is 4.88 Å². The molecule has 0 fully saturated rings. The van der Waals surface area contributed by atoms with Gasteiger partial charge in [-0.2, -0.15) is 0 Å². The number of anilines is 1. The lowest BCUT2D eigenvalue weighted by Crippen LogP contribution is -2.12. The standard InChI is InChI=1S/C14H14N2O3S/c1-9-12(13(18)19)20-14(15-9)16-11(17)8-7-10-5-3-2-4-6-10/h2-6H,7-8H2,1H3,(H,18,19)(H,15,16,17). The zero-order chi connectivity index (χ0) is 14.5. The molecule has 6 heteroatoms. The minimum absolute atomic E-state index is 0.156. The Kier molecular flexibility index (Phi) is 4.47. The zero-order valence-corrected chi connectivity index (χ0v) is 11.7. The normalized spacial score (nSPS) is 10.2. The van der Waals surface area contributed by atoms with Crippen LogP contribution in [0, 0.1) is 6.92 Å². The maximum atomic E-state index is 11.8. The summed E-state index contributed by atoms with van der Waals surface area (Å²) in [4.78, 5) is 26.9. The number of nitrogens with one attached hydrogen (secondary N) is 1. The summed E-state index contributed by atoms with van der Waals surface area (Å²) >= 11 is 0.975. The number of thiazole rings is 1. The highest BCUT2D eigenvalue weighted by atomic mass is 32.1. The number of hydrogen-bond donors (Lipinski definition) is 2. The summed E-state index contributed by atoms with van der Waals surface area (Å²) in [5, 5.41) is 11.9. The summed E-state index contributed by atoms with van der Waals surface area (Å²) in [5.41, 5.74) is 1.50. The number of benzene rings is 1. The summed E-state index contributed by atoms with van der Waals surface area (Å²) in [6, 6.07) is 9.70. The van der Waals surface area contributed by atoms with Gasteiger partial charge in [0.2, 0.25) is 5.91 Å². The molecule has 5 nitrogen and oxygen atoms in total. The predicted molar refractivity (Wildman–Crippen MR) is 77.2 cm³/mol. The summed E-state index contributed by atoms with van der Waals surface area (Å²) < 4.78 is 0. The van der Waals surface area contributed by atoms with E-state index in [0.29, 0.717) is 23.7 Å². The summed E-state index contributed by atoms with van der Waals surface area (Å²) in [6.45, 7) is 1.61. The van der Waals surface area contributed by atoms with Crippen LogP contribution in [0.5, 0.6) is 0 Å². The fourth-order valence-electron chi connectivity index (χ4n) is 1.73. The Morgan fingerprint density at radius 1 is 1.30 bits per heavy atom. The third-order valence-corrected chi connectivity index (χ3v) is 3.78. The molecule has 2 rings (SSSR count). The Balaban J connectivity index is 1.92. The number of aryl methyl sites for hydroxylation is 2. The third kappa shape index (κ3) is 3.64. The molecule has 0 spiro atoms. The van der Waals surface area contributed by atoms with Crippen LogP contribution in [0.1, 0.15) is 27.3 Å². The average Bonchev–Trinajstić information content (AvgIpc) is 2.78. The molecule has 0 atom stereocenters.